The molecule has 1 heterocycles. The minimum atomic E-state index is 0.827. The van der Waals surface area contributed by atoms with Crippen molar-refractivity contribution in [2.45, 2.75) is 19.3 Å². The molecule has 0 saturated heterocycles. The van der Waals surface area contributed by atoms with Crippen LogP contribution in [0.1, 0.15) is 19.3 Å². The highest BCUT2D eigenvalue weighted by molar-refractivity contribution is 5.92. The van der Waals surface area contributed by atoms with Crippen LogP contribution in [0.2, 0.25) is 0 Å². The number of methoxy groups -OCH3 is 1. The SMILES string of the molecule is COc1ccc2ccnc(NCC3CCC3)c2c1. The number of hydrogen-bond acceptors (Lipinski definition) is 3. The van der Waals surface area contributed by atoms with Crippen molar-refractivity contribution in [3.63, 3.8) is 0 Å². The molecule has 1 fully saturated rings. The van der Waals surface area contributed by atoms with Crippen LogP contribution in [0.15, 0.2) is 30.5 Å². The maximum Gasteiger partial charge on any atom is 0.133 e. The summed E-state index contributed by atoms with van der Waals surface area (Å²) in [5, 5.41) is 5.81. The minimum Gasteiger partial charge on any atom is -0.497 e. The quantitative estimate of drug-likeness (QED) is 0.891. The molecule has 0 unspecified atom stereocenters. The van der Waals surface area contributed by atoms with Gasteiger partial charge in [-0.3, -0.25) is 0 Å². The molecule has 1 N–H and O–H groups in total. The fourth-order valence-corrected chi connectivity index (χ4v) is 2.35. The van der Waals surface area contributed by atoms with Crippen LogP contribution in [-0.2, 0) is 0 Å². The van der Waals surface area contributed by atoms with Gasteiger partial charge in [0, 0.05) is 18.1 Å². The van der Waals surface area contributed by atoms with Gasteiger partial charge < -0.3 is 10.1 Å². The molecule has 0 aliphatic heterocycles. The fraction of sp³-hybridized carbons (Fsp3) is 0.400. The van der Waals surface area contributed by atoms with Gasteiger partial charge in [-0.15, -0.1) is 0 Å². The molecule has 18 heavy (non-hydrogen) atoms. The van der Waals surface area contributed by atoms with Crippen molar-refractivity contribution in [1.29, 1.82) is 0 Å². The Morgan fingerprint density at radius 3 is 2.94 bits per heavy atom. The van der Waals surface area contributed by atoms with Gasteiger partial charge in [-0.1, -0.05) is 12.5 Å². The average Bonchev–Trinajstić information content (AvgIpc) is 2.36. The maximum atomic E-state index is 5.28. The number of aromatic nitrogens is 1. The first-order chi connectivity index (χ1) is 8.86. The summed E-state index contributed by atoms with van der Waals surface area (Å²) in [4.78, 5) is 4.45. The summed E-state index contributed by atoms with van der Waals surface area (Å²) in [6, 6.07) is 8.14. The number of hydrogen-bond donors (Lipinski definition) is 1. The van der Waals surface area contributed by atoms with Crippen LogP contribution in [0.4, 0.5) is 5.82 Å². The number of benzene rings is 1. The second-order valence-corrected chi connectivity index (χ2v) is 4.92. The van der Waals surface area contributed by atoms with Crippen molar-refractivity contribution in [2.75, 3.05) is 19.0 Å². The monoisotopic (exact) mass is 242 g/mol. The van der Waals surface area contributed by atoms with E-state index in [4.69, 9.17) is 4.74 Å². The lowest BCUT2D eigenvalue weighted by Crippen LogP contribution is -2.21. The molecule has 1 aliphatic carbocycles. The van der Waals surface area contributed by atoms with Gasteiger partial charge in [0.2, 0.25) is 0 Å². The van der Waals surface area contributed by atoms with E-state index in [1.54, 1.807) is 7.11 Å². The lowest BCUT2D eigenvalue weighted by atomic mass is 9.85. The predicted octanol–water partition coefficient (Wildman–Crippen LogP) is 3.46. The van der Waals surface area contributed by atoms with E-state index in [0.717, 1.165) is 29.4 Å². The molecule has 2 aromatic rings. The number of anilines is 1. The molecule has 1 aliphatic rings. The van der Waals surface area contributed by atoms with E-state index in [1.807, 2.05) is 24.4 Å². The first kappa shape index (κ1) is 11.3. The molecule has 0 amide bonds. The van der Waals surface area contributed by atoms with Gasteiger partial charge in [-0.2, -0.15) is 0 Å². The Morgan fingerprint density at radius 1 is 1.33 bits per heavy atom. The highest BCUT2D eigenvalue weighted by atomic mass is 16.5. The zero-order chi connectivity index (χ0) is 12.4. The molecule has 1 aromatic carbocycles. The van der Waals surface area contributed by atoms with Gasteiger partial charge >= 0.3 is 0 Å². The van der Waals surface area contributed by atoms with Crippen molar-refractivity contribution in [1.82, 2.24) is 4.98 Å². The number of ether oxygens (including phenoxy) is 1. The van der Waals surface area contributed by atoms with Crippen LogP contribution in [0.3, 0.4) is 0 Å². The van der Waals surface area contributed by atoms with Gasteiger partial charge in [0.15, 0.2) is 0 Å². The van der Waals surface area contributed by atoms with E-state index in [0.29, 0.717) is 0 Å². The molecule has 3 heteroatoms. The topological polar surface area (TPSA) is 34.1 Å². The summed E-state index contributed by atoms with van der Waals surface area (Å²) in [6.45, 7) is 1.03. The van der Waals surface area contributed by atoms with E-state index in [1.165, 1.54) is 24.6 Å². The third kappa shape index (κ3) is 2.13. The Hall–Kier alpha value is -1.77. The second-order valence-electron chi connectivity index (χ2n) is 4.92. The van der Waals surface area contributed by atoms with Crippen molar-refractivity contribution < 1.29 is 4.74 Å². The van der Waals surface area contributed by atoms with E-state index in [9.17, 15) is 0 Å². The lowest BCUT2D eigenvalue weighted by Gasteiger charge is -2.25. The van der Waals surface area contributed by atoms with E-state index < -0.39 is 0 Å². The summed E-state index contributed by atoms with van der Waals surface area (Å²) < 4.78 is 5.28. The molecule has 0 bridgehead atoms. The van der Waals surface area contributed by atoms with Crippen LogP contribution in [0.25, 0.3) is 10.8 Å². The molecule has 94 valence electrons. The Morgan fingerprint density at radius 2 is 2.22 bits per heavy atom. The highest BCUT2D eigenvalue weighted by Gasteiger charge is 2.17. The first-order valence-electron chi connectivity index (χ1n) is 6.53. The number of nitrogens with zero attached hydrogens (tertiary/aromatic N) is 1. The van der Waals surface area contributed by atoms with Gasteiger partial charge in [-0.25, -0.2) is 4.98 Å². The van der Waals surface area contributed by atoms with Crippen molar-refractivity contribution in [2.24, 2.45) is 5.92 Å². The predicted molar refractivity (Wildman–Crippen MR) is 74.1 cm³/mol. The summed E-state index contributed by atoms with van der Waals surface area (Å²) in [5.41, 5.74) is 0. The highest BCUT2D eigenvalue weighted by Crippen LogP contribution is 2.29. The molecular weight excluding hydrogens is 224 g/mol. The van der Waals surface area contributed by atoms with Crippen LogP contribution < -0.4 is 10.1 Å². The lowest BCUT2D eigenvalue weighted by molar-refractivity contribution is 0.333. The fourth-order valence-electron chi connectivity index (χ4n) is 2.35. The third-order valence-corrected chi connectivity index (χ3v) is 3.76. The molecule has 1 aromatic heterocycles. The summed E-state index contributed by atoms with van der Waals surface area (Å²) in [6.07, 6.45) is 5.93. The Labute approximate surface area is 107 Å². The van der Waals surface area contributed by atoms with Gasteiger partial charge in [0.05, 0.1) is 7.11 Å². The summed E-state index contributed by atoms with van der Waals surface area (Å²) >= 11 is 0. The van der Waals surface area contributed by atoms with Crippen molar-refractivity contribution in [3.8, 4) is 5.75 Å². The largest absolute Gasteiger partial charge is 0.497 e. The Kier molecular flexibility index (Phi) is 3.05. The number of pyridine rings is 1. The first-order valence-corrected chi connectivity index (χ1v) is 6.53. The molecule has 0 spiro atoms. The van der Waals surface area contributed by atoms with Crippen molar-refractivity contribution >= 4 is 16.6 Å². The second kappa shape index (κ2) is 4.84. The molecule has 0 atom stereocenters. The number of fused-ring (bicyclic) bond motifs is 1. The Bertz CT molecular complexity index is 549. The summed E-state index contributed by atoms with van der Waals surface area (Å²) in [5.74, 6) is 2.67. The molecular formula is C15H18N2O. The normalized spacial score (nSPS) is 15.4. The van der Waals surface area contributed by atoms with Gasteiger partial charge in [0.25, 0.3) is 0 Å². The standard InChI is InChI=1S/C15H18N2O/c1-18-13-6-5-12-7-8-16-15(14(12)9-13)17-10-11-3-2-4-11/h5-9,11H,2-4,10H2,1H3,(H,16,17). The third-order valence-electron chi connectivity index (χ3n) is 3.76. The Balaban J connectivity index is 1.88. The summed E-state index contributed by atoms with van der Waals surface area (Å²) in [7, 11) is 1.69. The van der Waals surface area contributed by atoms with Crippen LogP contribution >= 0.6 is 0 Å². The molecule has 1 saturated carbocycles. The van der Waals surface area contributed by atoms with E-state index in [-0.39, 0.29) is 0 Å². The number of rotatable bonds is 4. The van der Waals surface area contributed by atoms with E-state index >= 15 is 0 Å². The molecule has 0 radical (unpaired) electrons. The van der Waals surface area contributed by atoms with E-state index in [2.05, 4.69) is 16.4 Å². The zero-order valence-corrected chi connectivity index (χ0v) is 10.6. The van der Waals surface area contributed by atoms with Gasteiger partial charge in [-0.05, 0) is 42.3 Å². The van der Waals surface area contributed by atoms with Crippen molar-refractivity contribution in [3.05, 3.63) is 30.5 Å². The average molecular weight is 242 g/mol. The maximum absolute atomic E-state index is 5.28. The zero-order valence-electron chi connectivity index (χ0n) is 10.6. The smallest absolute Gasteiger partial charge is 0.133 e. The minimum absolute atomic E-state index is 0.827. The molecule has 3 rings (SSSR count). The number of nitrogens with one attached hydrogen (secondary N) is 1. The van der Waals surface area contributed by atoms with Crippen LogP contribution in [-0.4, -0.2) is 18.6 Å². The van der Waals surface area contributed by atoms with Gasteiger partial charge in [0.1, 0.15) is 11.6 Å². The van der Waals surface area contributed by atoms with Crippen LogP contribution in [0, 0.1) is 5.92 Å². The molecule has 3 nitrogen and oxygen atoms in total. The van der Waals surface area contributed by atoms with Crippen LogP contribution in [0.5, 0.6) is 5.75 Å².